The lowest BCUT2D eigenvalue weighted by Gasteiger charge is -2.11. The normalized spacial score (nSPS) is 11.5. The van der Waals surface area contributed by atoms with Crippen LogP contribution in [-0.4, -0.2) is 14.5 Å². The molecular weight excluding hydrogens is 416 g/mol. The third kappa shape index (κ3) is 2.93. The number of anilines is 2. The maximum Gasteiger partial charge on any atom is 0.116 e. The number of rotatable bonds is 3. The Morgan fingerprint density at radius 3 is 2.24 bits per heavy atom. The number of hydrogen-bond acceptors (Lipinski definition) is 3. The summed E-state index contributed by atoms with van der Waals surface area (Å²) < 4.78 is 2.22. The largest absolute Gasteiger partial charge is 0.355 e. The molecule has 0 amide bonds. The Kier molecular flexibility index (Phi) is 4.11. The zero-order valence-electron chi connectivity index (χ0n) is 18.3. The number of nitrogens with zero attached hydrogens (tertiary/aromatic N) is 3. The molecule has 0 spiro atoms. The molecule has 2 heterocycles. The van der Waals surface area contributed by atoms with Crippen molar-refractivity contribution in [2.24, 2.45) is 0 Å². The molecule has 7 rings (SSSR count). The van der Waals surface area contributed by atoms with Gasteiger partial charge in [0.05, 0.1) is 22.7 Å². The number of benzene rings is 5. The van der Waals surface area contributed by atoms with E-state index in [1.165, 1.54) is 21.5 Å². The van der Waals surface area contributed by atoms with Gasteiger partial charge in [-0.3, -0.25) is 0 Å². The predicted molar refractivity (Wildman–Crippen MR) is 141 cm³/mol. The van der Waals surface area contributed by atoms with Crippen LogP contribution in [0.5, 0.6) is 0 Å². The Labute approximate surface area is 196 Å². The Bertz CT molecular complexity index is 1830. The van der Waals surface area contributed by atoms with Crippen LogP contribution in [-0.2, 0) is 0 Å². The molecule has 0 atom stereocenters. The van der Waals surface area contributed by atoms with Gasteiger partial charge >= 0.3 is 0 Å². The summed E-state index contributed by atoms with van der Waals surface area (Å²) in [5.41, 5.74) is 6.23. The lowest BCUT2D eigenvalue weighted by Crippen LogP contribution is -1.95. The van der Waals surface area contributed by atoms with Crippen molar-refractivity contribution in [2.45, 2.75) is 0 Å². The van der Waals surface area contributed by atoms with Gasteiger partial charge < -0.3 is 9.88 Å². The Morgan fingerprint density at radius 2 is 1.32 bits per heavy atom. The molecule has 0 unspecified atom stereocenters. The Morgan fingerprint density at radius 1 is 0.588 bits per heavy atom. The summed E-state index contributed by atoms with van der Waals surface area (Å²) in [4.78, 5) is 8.86. The lowest BCUT2D eigenvalue weighted by molar-refractivity contribution is 1.14. The van der Waals surface area contributed by atoms with E-state index in [2.05, 4.69) is 117 Å². The van der Waals surface area contributed by atoms with Crippen LogP contribution >= 0.6 is 0 Å². The first-order valence-corrected chi connectivity index (χ1v) is 11.3. The van der Waals surface area contributed by atoms with Crippen molar-refractivity contribution in [1.82, 2.24) is 14.5 Å². The quantitative estimate of drug-likeness (QED) is 0.290. The highest BCUT2D eigenvalue weighted by molar-refractivity contribution is 6.09. The lowest BCUT2D eigenvalue weighted by atomic mass is 10.0. The molecule has 7 aromatic rings. The summed E-state index contributed by atoms with van der Waals surface area (Å²) in [7, 11) is 0. The summed E-state index contributed by atoms with van der Waals surface area (Å²) in [5.74, 6) is 0. The van der Waals surface area contributed by atoms with Gasteiger partial charge in [-0.25, -0.2) is 9.97 Å². The number of fused-ring (bicyclic) bond motifs is 6. The minimum absolute atomic E-state index is 0.956. The van der Waals surface area contributed by atoms with Crippen molar-refractivity contribution < 1.29 is 0 Å². The molecule has 0 aliphatic rings. The molecule has 0 radical (unpaired) electrons. The van der Waals surface area contributed by atoms with Crippen LogP contribution in [0.4, 0.5) is 11.4 Å². The number of para-hydroxylation sites is 1. The maximum absolute atomic E-state index is 4.58. The van der Waals surface area contributed by atoms with E-state index in [0.717, 1.165) is 39.0 Å². The number of nitrogens with one attached hydrogen (secondary N) is 1. The van der Waals surface area contributed by atoms with Crippen LogP contribution < -0.4 is 5.32 Å². The summed E-state index contributed by atoms with van der Waals surface area (Å²) >= 11 is 0. The van der Waals surface area contributed by atoms with E-state index in [1.54, 1.807) is 6.33 Å². The second-order valence-electron chi connectivity index (χ2n) is 8.51. The summed E-state index contributed by atoms with van der Waals surface area (Å²) in [6.45, 7) is 0. The minimum atomic E-state index is 0.956. The fourth-order valence-electron chi connectivity index (χ4n) is 4.93. The maximum atomic E-state index is 4.58. The van der Waals surface area contributed by atoms with E-state index in [0.29, 0.717) is 0 Å². The third-order valence-electron chi connectivity index (χ3n) is 6.48. The first-order valence-electron chi connectivity index (χ1n) is 11.3. The van der Waals surface area contributed by atoms with Crippen molar-refractivity contribution >= 4 is 54.9 Å². The molecule has 0 aliphatic heterocycles. The molecule has 4 heteroatoms. The van der Waals surface area contributed by atoms with Gasteiger partial charge in [-0.1, -0.05) is 60.7 Å². The Hall–Kier alpha value is -4.70. The van der Waals surface area contributed by atoms with E-state index >= 15 is 0 Å². The zero-order chi connectivity index (χ0) is 22.5. The predicted octanol–water partition coefficient (Wildman–Crippen LogP) is 7.62. The van der Waals surface area contributed by atoms with Gasteiger partial charge in [0.25, 0.3) is 0 Å². The van der Waals surface area contributed by atoms with Gasteiger partial charge in [0, 0.05) is 22.4 Å². The van der Waals surface area contributed by atoms with Crippen molar-refractivity contribution in [3.8, 4) is 5.69 Å². The number of aromatic nitrogens is 3. The average Bonchev–Trinajstić information content (AvgIpc) is 3.22. The van der Waals surface area contributed by atoms with Gasteiger partial charge in [0.2, 0.25) is 0 Å². The molecule has 5 aromatic carbocycles. The first-order chi connectivity index (χ1) is 16.8. The third-order valence-corrected chi connectivity index (χ3v) is 6.48. The molecule has 0 fully saturated rings. The van der Waals surface area contributed by atoms with Crippen LogP contribution in [0.2, 0.25) is 0 Å². The second kappa shape index (κ2) is 7.42. The van der Waals surface area contributed by atoms with Gasteiger partial charge in [-0.15, -0.1) is 0 Å². The van der Waals surface area contributed by atoms with Crippen molar-refractivity contribution in [3.05, 3.63) is 116 Å². The highest BCUT2D eigenvalue weighted by atomic mass is 15.0. The molecular formula is C30H20N4. The number of hydrogen-bond donors (Lipinski definition) is 1. The molecule has 0 bridgehead atoms. The molecule has 0 saturated carbocycles. The monoisotopic (exact) mass is 436 g/mol. The fraction of sp³-hybridized carbons (Fsp3) is 0. The molecule has 4 nitrogen and oxygen atoms in total. The van der Waals surface area contributed by atoms with E-state index in [-0.39, 0.29) is 0 Å². The zero-order valence-corrected chi connectivity index (χ0v) is 18.3. The van der Waals surface area contributed by atoms with Crippen molar-refractivity contribution in [1.29, 1.82) is 0 Å². The summed E-state index contributed by atoms with van der Waals surface area (Å²) in [5, 5.41) is 9.75. The van der Waals surface area contributed by atoms with E-state index in [4.69, 9.17) is 0 Å². The SMILES string of the molecule is c1ccc(-n2c3cc(Nc4ccc5c(ccc6ccccc65)c4)ccc3c3ncncc32)cc1. The van der Waals surface area contributed by atoms with E-state index in [1.807, 2.05) is 12.3 Å². The minimum Gasteiger partial charge on any atom is -0.355 e. The van der Waals surface area contributed by atoms with Gasteiger partial charge in [-0.2, -0.15) is 0 Å². The highest BCUT2D eigenvalue weighted by Crippen LogP contribution is 2.33. The van der Waals surface area contributed by atoms with Crippen LogP contribution in [0, 0.1) is 0 Å². The smallest absolute Gasteiger partial charge is 0.116 e. The van der Waals surface area contributed by atoms with E-state index < -0.39 is 0 Å². The van der Waals surface area contributed by atoms with E-state index in [9.17, 15) is 0 Å². The topological polar surface area (TPSA) is 42.7 Å². The first kappa shape index (κ1) is 18.8. The van der Waals surface area contributed by atoms with Crippen molar-refractivity contribution in [3.63, 3.8) is 0 Å². The summed E-state index contributed by atoms with van der Waals surface area (Å²) in [6.07, 6.45) is 3.50. The van der Waals surface area contributed by atoms with Crippen molar-refractivity contribution in [2.75, 3.05) is 5.32 Å². The second-order valence-corrected chi connectivity index (χ2v) is 8.51. The molecule has 0 aliphatic carbocycles. The summed E-state index contributed by atoms with van der Waals surface area (Å²) in [6, 6.07) is 36.3. The molecule has 0 saturated heterocycles. The van der Waals surface area contributed by atoms with Crippen LogP contribution in [0.1, 0.15) is 0 Å². The van der Waals surface area contributed by atoms with Crippen LogP contribution in [0.15, 0.2) is 116 Å². The highest BCUT2D eigenvalue weighted by Gasteiger charge is 2.14. The van der Waals surface area contributed by atoms with Gasteiger partial charge in [-0.05, 0) is 64.0 Å². The molecule has 160 valence electrons. The average molecular weight is 437 g/mol. The fourth-order valence-corrected chi connectivity index (χ4v) is 4.93. The molecule has 34 heavy (non-hydrogen) atoms. The van der Waals surface area contributed by atoms with Crippen LogP contribution in [0.3, 0.4) is 0 Å². The Balaban J connectivity index is 1.36. The molecule has 2 aromatic heterocycles. The van der Waals surface area contributed by atoms with Gasteiger partial charge in [0.1, 0.15) is 6.33 Å². The van der Waals surface area contributed by atoms with Gasteiger partial charge in [0.15, 0.2) is 0 Å². The standard InChI is InChI=1S/C30H20N4/c1-2-7-24(8-3-1)34-28-17-23(13-15-27(28)30-29(34)18-31-19-32-30)33-22-12-14-26-21(16-22)11-10-20-6-4-5-9-25(20)26/h1-19,33H. The molecule has 1 N–H and O–H groups in total. The van der Waals surface area contributed by atoms with Crippen LogP contribution in [0.25, 0.3) is 49.2 Å².